The van der Waals surface area contributed by atoms with E-state index in [1.807, 2.05) is 6.07 Å². The third-order valence-electron chi connectivity index (χ3n) is 2.78. The summed E-state index contributed by atoms with van der Waals surface area (Å²) in [7, 11) is 0. The molecule has 3 nitrogen and oxygen atoms in total. The Kier molecular flexibility index (Phi) is 3.97. The van der Waals surface area contributed by atoms with Crippen LogP contribution in [0.4, 0.5) is 20.2 Å². The van der Waals surface area contributed by atoms with Gasteiger partial charge in [-0.1, -0.05) is 30.3 Å². The monoisotopic (exact) mass is 264 g/mol. The first-order chi connectivity index (χ1) is 9.09. The van der Waals surface area contributed by atoms with Gasteiger partial charge in [-0.3, -0.25) is 0 Å². The number of benzene rings is 2. The van der Waals surface area contributed by atoms with Crippen molar-refractivity contribution < 1.29 is 13.9 Å². The maximum Gasteiger partial charge on any atom is 0.183 e. The summed E-state index contributed by atoms with van der Waals surface area (Å²) >= 11 is 0. The highest BCUT2D eigenvalue weighted by molar-refractivity contribution is 5.66. The molecule has 2 rings (SSSR count). The van der Waals surface area contributed by atoms with Crippen LogP contribution in [0, 0.1) is 11.6 Å². The molecule has 0 aromatic heterocycles. The van der Waals surface area contributed by atoms with Crippen LogP contribution >= 0.6 is 0 Å². The molecule has 0 amide bonds. The molecule has 0 fully saturated rings. The van der Waals surface area contributed by atoms with E-state index in [1.54, 1.807) is 24.3 Å². The third kappa shape index (κ3) is 3.00. The first-order valence-corrected chi connectivity index (χ1v) is 5.80. The lowest BCUT2D eigenvalue weighted by Gasteiger charge is -2.15. The molecule has 1 atom stereocenters. The van der Waals surface area contributed by atoms with Gasteiger partial charge in [0.1, 0.15) is 0 Å². The lowest BCUT2D eigenvalue weighted by Crippen LogP contribution is -2.14. The molecule has 0 spiro atoms. The number of aliphatic hydroxyl groups is 1. The van der Waals surface area contributed by atoms with Gasteiger partial charge in [-0.15, -0.1) is 0 Å². The highest BCUT2D eigenvalue weighted by atomic mass is 19.2. The first kappa shape index (κ1) is 13.3. The predicted octanol–water partition coefficient (Wildman–Crippen LogP) is 2.69. The zero-order valence-corrected chi connectivity index (χ0v) is 10.1. The molecule has 5 heteroatoms. The van der Waals surface area contributed by atoms with Crippen molar-refractivity contribution in [3.05, 3.63) is 59.7 Å². The standard InChI is InChI=1S/C14H14F2N2O/c15-10-6-7-11(17)14(13(10)16)18-8-12(19)9-4-2-1-3-5-9/h1-7,12,18-19H,8,17H2. The van der Waals surface area contributed by atoms with E-state index in [0.29, 0.717) is 5.56 Å². The van der Waals surface area contributed by atoms with Crippen molar-refractivity contribution in [2.75, 3.05) is 17.6 Å². The van der Waals surface area contributed by atoms with Crippen LogP contribution < -0.4 is 11.1 Å². The maximum atomic E-state index is 13.5. The molecule has 0 heterocycles. The Morgan fingerprint density at radius 2 is 1.79 bits per heavy atom. The Morgan fingerprint density at radius 3 is 2.47 bits per heavy atom. The van der Waals surface area contributed by atoms with Crippen LogP contribution in [-0.2, 0) is 0 Å². The minimum atomic E-state index is -1.04. The van der Waals surface area contributed by atoms with E-state index in [2.05, 4.69) is 5.32 Å². The molecule has 0 saturated carbocycles. The van der Waals surface area contributed by atoms with Crippen LogP contribution in [-0.4, -0.2) is 11.7 Å². The van der Waals surface area contributed by atoms with Crippen molar-refractivity contribution >= 4 is 11.4 Å². The summed E-state index contributed by atoms with van der Waals surface area (Å²) in [5.41, 5.74) is 6.22. The highest BCUT2D eigenvalue weighted by Crippen LogP contribution is 2.25. The fourth-order valence-electron chi connectivity index (χ4n) is 1.74. The Balaban J connectivity index is 2.09. The van der Waals surface area contributed by atoms with Crippen molar-refractivity contribution in [2.24, 2.45) is 0 Å². The molecule has 100 valence electrons. The van der Waals surface area contributed by atoms with E-state index >= 15 is 0 Å². The smallest absolute Gasteiger partial charge is 0.183 e. The van der Waals surface area contributed by atoms with Gasteiger partial charge in [0.05, 0.1) is 17.5 Å². The second-order valence-electron chi connectivity index (χ2n) is 4.13. The molecule has 4 N–H and O–H groups in total. The normalized spacial score (nSPS) is 12.2. The van der Waals surface area contributed by atoms with Crippen molar-refractivity contribution in [2.45, 2.75) is 6.10 Å². The summed E-state index contributed by atoms with van der Waals surface area (Å²) in [5, 5.41) is 12.5. The van der Waals surface area contributed by atoms with Gasteiger partial charge >= 0.3 is 0 Å². The van der Waals surface area contributed by atoms with Crippen LogP contribution in [0.1, 0.15) is 11.7 Å². The van der Waals surface area contributed by atoms with Gasteiger partial charge in [0.25, 0.3) is 0 Å². The Bertz CT molecular complexity index is 561. The molecule has 1 unspecified atom stereocenters. The number of hydrogen-bond acceptors (Lipinski definition) is 3. The number of hydrogen-bond donors (Lipinski definition) is 3. The zero-order valence-electron chi connectivity index (χ0n) is 10.1. The van der Waals surface area contributed by atoms with Crippen molar-refractivity contribution in [1.82, 2.24) is 0 Å². The van der Waals surface area contributed by atoms with Gasteiger partial charge in [-0.25, -0.2) is 8.78 Å². The molecule has 2 aromatic rings. The lowest BCUT2D eigenvalue weighted by atomic mass is 10.1. The fraction of sp³-hybridized carbons (Fsp3) is 0.143. The van der Waals surface area contributed by atoms with Crippen LogP contribution in [0.3, 0.4) is 0 Å². The number of nitrogen functional groups attached to an aromatic ring is 1. The number of anilines is 2. The van der Waals surface area contributed by atoms with Crippen LogP contribution in [0.2, 0.25) is 0 Å². The molecule has 0 aliphatic rings. The maximum absolute atomic E-state index is 13.5. The zero-order chi connectivity index (χ0) is 13.8. The average Bonchev–Trinajstić information content (AvgIpc) is 2.44. The molecular weight excluding hydrogens is 250 g/mol. The Labute approximate surface area is 109 Å². The summed E-state index contributed by atoms with van der Waals surface area (Å²) in [4.78, 5) is 0. The number of nitrogens with one attached hydrogen (secondary N) is 1. The molecule has 2 aromatic carbocycles. The molecule has 19 heavy (non-hydrogen) atoms. The SMILES string of the molecule is Nc1ccc(F)c(F)c1NCC(O)c1ccccc1. The van der Waals surface area contributed by atoms with Gasteiger partial charge in [0, 0.05) is 6.54 Å². The Morgan fingerprint density at radius 1 is 1.11 bits per heavy atom. The first-order valence-electron chi connectivity index (χ1n) is 5.80. The predicted molar refractivity (Wildman–Crippen MR) is 70.7 cm³/mol. The van der Waals surface area contributed by atoms with Crippen LogP contribution in [0.25, 0.3) is 0 Å². The summed E-state index contributed by atoms with van der Waals surface area (Å²) in [6.45, 7) is 0.0363. The van der Waals surface area contributed by atoms with Crippen molar-refractivity contribution in [1.29, 1.82) is 0 Å². The van der Waals surface area contributed by atoms with E-state index in [1.165, 1.54) is 6.07 Å². The minimum Gasteiger partial charge on any atom is -0.397 e. The Hall–Kier alpha value is -2.14. The number of aliphatic hydroxyl groups excluding tert-OH is 1. The largest absolute Gasteiger partial charge is 0.397 e. The van der Waals surface area contributed by atoms with Crippen LogP contribution in [0.15, 0.2) is 42.5 Å². The van der Waals surface area contributed by atoms with Gasteiger partial charge in [0.15, 0.2) is 11.6 Å². The molecule has 0 aliphatic carbocycles. The van der Waals surface area contributed by atoms with Gasteiger partial charge in [0.2, 0.25) is 0 Å². The van der Waals surface area contributed by atoms with Gasteiger partial charge in [-0.2, -0.15) is 0 Å². The van der Waals surface area contributed by atoms with Crippen molar-refractivity contribution in [3.63, 3.8) is 0 Å². The van der Waals surface area contributed by atoms with Gasteiger partial charge in [-0.05, 0) is 17.7 Å². The summed E-state index contributed by atoms with van der Waals surface area (Å²) in [5.74, 6) is -2.02. The third-order valence-corrected chi connectivity index (χ3v) is 2.78. The molecule has 0 bridgehead atoms. The lowest BCUT2D eigenvalue weighted by molar-refractivity contribution is 0.191. The van der Waals surface area contributed by atoms with E-state index in [-0.39, 0.29) is 17.9 Å². The number of halogens is 2. The van der Waals surface area contributed by atoms with Crippen LogP contribution in [0.5, 0.6) is 0 Å². The number of nitrogens with two attached hydrogens (primary N) is 1. The van der Waals surface area contributed by atoms with Crippen molar-refractivity contribution in [3.8, 4) is 0 Å². The number of rotatable bonds is 4. The highest BCUT2D eigenvalue weighted by Gasteiger charge is 2.13. The van der Waals surface area contributed by atoms with E-state index < -0.39 is 17.7 Å². The van der Waals surface area contributed by atoms with E-state index in [0.717, 1.165) is 6.07 Å². The van der Waals surface area contributed by atoms with Gasteiger partial charge < -0.3 is 16.2 Å². The molecule has 0 aliphatic heterocycles. The summed E-state index contributed by atoms with van der Waals surface area (Å²) in [6.07, 6.45) is -0.830. The molecule has 0 saturated heterocycles. The fourth-order valence-corrected chi connectivity index (χ4v) is 1.74. The van der Waals surface area contributed by atoms with E-state index in [4.69, 9.17) is 5.73 Å². The topological polar surface area (TPSA) is 58.3 Å². The quantitative estimate of drug-likeness (QED) is 0.744. The summed E-state index contributed by atoms with van der Waals surface area (Å²) in [6, 6.07) is 11.1. The van der Waals surface area contributed by atoms with E-state index in [9.17, 15) is 13.9 Å². The molecule has 0 radical (unpaired) electrons. The molecular formula is C14H14F2N2O. The second kappa shape index (κ2) is 5.67. The average molecular weight is 264 g/mol. The summed E-state index contributed by atoms with van der Waals surface area (Å²) < 4.78 is 26.6. The minimum absolute atomic E-state index is 0.0363. The second-order valence-corrected chi connectivity index (χ2v) is 4.13.